The Bertz CT molecular complexity index is 400. The zero-order valence-corrected chi connectivity index (χ0v) is 10.8. The summed E-state index contributed by atoms with van der Waals surface area (Å²) in [6.45, 7) is 5.59. The highest BCUT2D eigenvalue weighted by Gasteiger charge is 2.27. The topological polar surface area (TPSA) is 78.6 Å². The number of thiophene rings is 1. The Morgan fingerprint density at radius 1 is 1.12 bits per heavy atom. The van der Waals surface area contributed by atoms with E-state index in [1.165, 1.54) is 11.3 Å². The van der Waals surface area contributed by atoms with E-state index in [0.29, 0.717) is 4.88 Å². The molecular weight excluding hydrogens is 242 g/mol. The van der Waals surface area contributed by atoms with Gasteiger partial charge in [-0.3, -0.25) is 0 Å². The number of aryl methyl sites for hydroxylation is 1. The second kappa shape index (κ2) is 5.67. The van der Waals surface area contributed by atoms with Crippen molar-refractivity contribution < 1.29 is 19.1 Å². The highest BCUT2D eigenvalue weighted by atomic mass is 32.1. The van der Waals surface area contributed by atoms with E-state index in [0.717, 1.165) is 0 Å². The van der Waals surface area contributed by atoms with Crippen LogP contribution < -0.4 is 5.73 Å². The van der Waals surface area contributed by atoms with Crippen molar-refractivity contribution in [1.29, 1.82) is 0 Å². The van der Waals surface area contributed by atoms with Gasteiger partial charge in [-0.15, -0.1) is 11.3 Å². The first-order valence-electron chi connectivity index (χ1n) is 5.25. The summed E-state index contributed by atoms with van der Waals surface area (Å²) in [5.74, 6) is -1.13. The van der Waals surface area contributed by atoms with Crippen LogP contribution in [0.25, 0.3) is 0 Å². The van der Waals surface area contributed by atoms with Crippen LogP contribution in [0.2, 0.25) is 0 Å². The van der Waals surface area contributed by atoms with Crippen molar-refractivity contribution in [2.24, 2.45) is 0 Å². The molecule has 0 radical (unpaired) electrons. The van der Waals surface area contributed by atoms with Crippen LogP contribution in [0.4, 0.5) is 5.00 Å². The van der Waals surface area contributed by atoms with E-state index in [1.807, 2.05) is 0 Å². The maximum absolute atomic E-state index is 11.7. The minimum absolute atomic E-state index is 0.118. The Hall–Kier alpha value is -1.56. The molecule has 5 nitrogen and oxygen atoms in total. The Morgan fingerprint density at radius 2 is 1.59 bits per heavy atom. The number of carbonyl (C=O) groups is 2. The molecular formula is C11H15NO4S. The summed E-state index contributed by atoms with van der Waals surface area (Å²) >= 11 is 1.18. The molecule has 1 aromatic heterocycles. The third-order valence-electron chi connectivity index (χ3n) is 2.07. The van der Waals surface area contributed by atoms with Gasteiger partial charge in [-0.2, -0.15) is 0 Å². The second-order valence-electron chi connectivity index (χ2n) is 3.21. The molecule has 0 aromatic carbocycles. The molecule has 0 unspecified atom stereocenters. The number of ether oxygens (including phenoxy) is 2. The molecule has 1 aromatic rings. The maximum atomic E-state index is 11.7. The predicted octanol–water partition coefficient (Wildman–Crippen LogP) is 1.99. The summed E-state index contributed by atoms with van der Waals surface area (Å²) in [4.78, 5) is 24.1. The van der Waals surface area contributed by atoms with Crippen molar-refractivity contribution in [1.82, 2.24) is 0 Å². The normalized spacial score (nSPS) is 10.1. The van der Waals surface area contributed by atoms with Crippen molar-refractivity contribution in [3.8, 4) is 0 Å². The smallest absolute Gasteiger partial charge is 0.342 e. The quantitative estimate of drug-likeness (QED) is 0.834. The van der Waals surface area contributed by atoms with E-state index < -0.39 is 11.9 Å². The van der Waals surface area contributed by atoms with Gasteiger partial charge in [-0.25, -0.2) is 9.59 Å². The monoisotopic (exact) mass is 257 g/mol. The predicted molar refractivity (Wildman–Crippen MR) is 65.4 cm³/mol. The van der Waals surface area contributed by atoms with E-state index in [9.17, 15) is 9.59 Å². The fourth-order valence-electron chi connectivity index (χ4n) is 1.42. The second-order valence-corrected chi connectivity index (χ2v) is 4.47. The van der Waals surface area contributed by atoms with Crippen LogP contribution in [0.3, 0.4) is 0 Å². The highest BCUT2D eigenvalue weighted by Crippen LogP contribution is 2.31. The van der Waals surface area contributed by atoms with Crippen LogP contribution in [0.1, 0.15) is 39.4 Å². The van der Waals surface area contributed by atoms with E-state index in [4.69, 9.17) is 15.2 Å². The van der Waals surface area contributed by atoms with Crippen LogP contribution in [-0.2, 0) is 9.47 Å². The third kappa shape index (κ3) is 2.76. The van der Waals surface area contributed by atoms with Crippen LogP contribution in [0.15, 0.2) is 0 Å². The lowest BCUT2D eigenvalue weighted by atomic mass is 10.1. The van der Waals surface area contributed by atoms with E-state index >= 15 is 0 Å². The number of rotatable bonds is 4. The van der Waals surface area contributed by atoms with Gasteiger partial charge in [0.15, 0.2) is 0 Å². The average Bonchev–Trinajstić information content (AvgIpc) is 2.54. The number of hydrogen-bond donors (Lipinski definition) is 1. The minimum atomic E-state index is -0.586. The van der Waals surface area contributed by atoms with Crippen molar-refractivity contribution in [2.45, 2.75) is 20.8 Å². The Morgan fingerprint density at radius 3 is 2.06 bits per heavy atom. The molecule has 1 heterocycles. The van der Waals surface area contributed by atoms with Crippen LogP contribution in [0.5, 0.6) is 0 Å². The van der Waals surface area contributed by atoms with Crippen LogP contribution in [-0.4, -0.2) is 25.2 Å². The lowest BCUT2D eigenvalue weighted by Gasteiger charge is -2.05. The number of hydrogen-bond acceptors (Lipinski definition) is 6. The van der Waals surface area contributed by atoms with Gasteiger partial charge in [0.05, 0.1) is 18.8 Å². The molecule has 0 fully saturated rings. The van der Waals surface area contributed by atoms with Gasteiger partial charge >= 0.3 is 11.9 Å². The van der Waals surface area contributed by atoms with Gasteiger partial charge < -0.3 is 15.2 Å². The van der Waals surface area contributed by atoms with E-state index in [1.54, 1.807) is 20.8 Å². The molecule has 1 rings (SSSR count). The van der Waals surface area contributed by atoms with Gasteiger partial charge in [-0.05, 0) is 20.8 Å². The number of carbonyl (C=O) groups excluding carboxylic acids is 2. The standard InChI is InChI=1S/C11H15NO4S/c1-4-15-10(13)7-6(3)17-9(12)8(7)11(14)16-5-2/h4-5,12H2,1-3H3. The fraction of sp³-hybridized carbons (Fsp3) is 0.455. The summed E-state index contributed by atoms with van der Waals surface area (Å²) in [6.07, 6.45) is 0. The highest BCUT2D eigenvalue weighted by molar-refractivity contribution is 7.16. The molecule has 6 heteroatoms. The molecule has 2 N–H and O–H groups in total. The Kier molecular flexibility index (Phi) is 4.51. The summed E-state index contributed by atoms with van der Waals surface area (Å²) < 4.78 is 9.77. The largest absolute Gasteiger partial charge is 0.462 e. The lowest BCUT2D eigenvalue weighted by molar-refractivity contribution is 0.0480. The average molecular weight is 257 g/mol. The molecule has 0 bridgehead atoms. The molecule has 17 heavy (non-hydrogen) atoms. The van der Waals surface area contributed by atoms with Gasteiger partial charge in [-0.1, -0.05) is 0 Å². The molecule has 0 saturated carbocycles. The molecule has 0 aliphatic heterocycles. The van der Waals surface area contributed by atoms with Gasteiger partial charge in [0.2, 0.25) is 0 Å². The Balaban J connectivity index is 3.19. The molecule has 0 atom stereocenters. The van der Waals surface area contributed by atoms with Crippen molar-refractivity contribution in [2.75, 3.05) is 18.9 Å². The summed E-state index contributed by atoms with van der Waals surface area (Å²) in [7, 11) is 0. The number of nitrogens with two attached hydrogens (primary N) is 1. The summed E-state index contributed by atoms with van der Waals surface area (Å²) in [6, 6.07) is 0. The molecule has 94 valence electrons. The molecule has 0 aliphatic rings. The number of anilines is 1. The third-order valence-corrected chi connectivity index (χ3v) is 3.00. The van der Waals surface area contributed by atoms with Gasteiger partial charge in [0, 0.05) is 4.88 Å². The molecule has 0 aliphatic carbocycles. The van der Waals surface area contributed by atoms with Gasteiger partial charge in [0.1, 0.15) is 10.6 Å². The first kappa shape index (κ1) is 13.5. The zero-order chi connectivity index (χ0) is 13.0. The SMILES string of the molecule is CCOC(=O)c1c(C)sc(N)c1C(=O)OCC. The molecule has 0 spiro atoms. The number of esters is 2. The summed E-state index contributed by atoms with van der Waals surface area (Å²) in [5.41, 5.74) is 6.05. The lowest BCUT2D eigenvalue weighted by Crippen LogP contribution is -2.14. The minimum Gasteiger partial charge on any atom is -0.462 e. The molecule has 0 amide bonds. The summed E-state index contributed by atoms with van der Waals surface area (Å²) in [5, 5.41) is 0.281. The van der Waals surface area contributed by atoms with E-state index in [-0.39, 0.29) is 29.3 Å². The van der Waals surface area contributed by atoms with Crippen molar-refractivity contribution >= 4 is 28.3 Å². The number of nitrogen functional groups attached to an aromatic ring is 1. The fourth-order valence-corrected chi connectivity index (χ4v) is 2.33. The van der Waals surface area contributed by atoms with Crippen LogP contribution >= 0.6 is 11.3 Å². The maximum Gasteiger partial charge on any atom is 0.342 e. The Labute approximate surface area is 104 Å². The first-order valence-corrected chi connectivity index (χ1v) is 6.07. The van der Waals surface area contributed by atoms with Gasteiger partial charge in [0.25, 0.3) is 0 Å². The van der Waals surface area contributed by atoms with Crippen molar-refractivity contribution in [3.63, 3.8) is 0 Å². The van der Waals surface area contributed by atoms with E-state index in [2.05, 4.69) is 0 Å². The molecule has 0 saturated heterocycles. The van der Waals surface area contributed by atoms with Crippen LogP contribution in [0, 0.1) is 6.92 Å². The zero-order valence-electron chi connectivity index (χ0n) is 10.0. The van der Waals surface area contributed by atoms with Crippen molar-refractivity contribution in [3.05, 3.63) is 16.0 Å². The first-order chi connectivity index (χ1) is 8.02.